The van der Waals surface area contributed by atoms with Crippen molar-refractivity contribution in [2.75, 3.05) is 32.7 Å². The summed E-state index contributed by atoms with van der Waals surface area (Å²) in [5.41, 5.74) is 3.50. The van der Waals surface area contributed by atoms with Gasteiger partial charge in [0.05, 0.1) is 5.69 Å². The molecule has 0 radical (unpaired) electrons. The van der Waals surface area contributed by atoms with Gasteiger partial charge >= 0.3 is 0 Å². The van der Waals surface area contributed by atoms with Gasteiger partial charge in [-0.1, -0.05) is 38.1 Å². The number of aromatic nitrogens is 1. The molecular formula is C23H36N4OS+2. The second-order valence-corrected chi connectivity index (χ2v) is 10.5. The second-order valence-electron chi connectivity index (χ2n) is 9.55. The van der Waals surface area contributed by atoms with Crippen LogP contribution in [0.1, 0.15) is 51.1 Å². The molecule has 0 atom stereocenters. The minimum absolute atomic E-state index is 0.152. The van der Waals surface area contributed by atoms with Crippen LogP contribution in [0.4, 0.5) is 0 Å². The van der Waals surface area contributed by atoms with E-state index < -0.39 is 0 Å². The number of carbonyl (C=O) groups is 1. The largest absolute Gasteiger partial charge is 0.347 e. The molecule has 1 aromatic heterocycles. The van der Waals surface area contributed by atoms with Crippen molar-refractivity contribution in [2.45, 2.75) is 52.6 Å². The zero-order valence-corrected chi connectivity index (χ0v) is 19.3. The van der Waals surface area contributed by atoms with Crippen LogP contribution in [-0.4, -0.2) is 49.2 Å². The first-order chi connectivity index (χ1) is 13.7. The van der Waals surface area contributed by atoms with Gasteiger partial charge in [-0.05, 0) is 32.3 Å². The summed E-state index contributed by atoms with van der Waals surface area (Å²) in [6.45, 7) is 16.4. The maximum Gasteiger partial charge on any atom is 0.275 e. The molecule has 0 saturated carbocycles. The summed E-state index contributed by atoms with van der Waals surface area (Å²) in [5, 5.41) is 6.45. The molecule has 0 bridgehead atoms. The van der Waals surface area contributed by atoms with Crippen molar-refractivity contribution in [1.29, 1.82) is 0 Å². The fraction of sp³-hybridized carbons (Fsp3) is 0.565. The minimum Gasteiger partial charge on any atom is -0.347 e. The molecule has 0 spiro atoms. The van der Waals surface area contributed by atoms with Crippen LogP contribution >= 0.6 is 11.3 Å². The summed E-state index contributed by atoms with van der Waals surface area (Å²) < 4.78 is 0. The van der Waals surface area contributed by atoms with Crippen molar-refractivity contribution >= 4 is 17.2 Å². The number of nitrogens with zero attached hydrogens (tertiary/aromatic N) is 1. The summed E-state index contributed by atoms with van der Waals surface area (Å²) in [7, 11) is 0. The molecule has 29 heavy (non-hydrogen) atoms. The lowest BCUT2D eigenvalue weighted by Gasteiger charge is -2.29. The lowest BCUT2D eigenvalue weighted by molar-refractivity contribution is -1.02. The molecule has 2 heterocycles. The van der Waals surface area contributed by atoms with Crippen molar-refractivity contribution in [1.82, 2.24) is 10.3 Å². The summed E-state index contributed by atoms with van der Waals surface area (Å²) >= 11 is 1.76. The van der Waals surface area contributed by atoms with E-state index in [1.807, 2.05) is 20.8 Å². The number of quaternary nitrogens is 2. The zero-order chi connectivity index (χ0) is 21.0. The van der Waals surface area contributed by atoms with Crippen molar-refractivity contribution in [3.05, 3.63) is 40.2 Å². The van der Waals surface area contributed by atoms with Gasteiger partial charge in [-0.15, -0.1) is 11.3 Å². The Hall–Kier alpha value is -1.76. The number of carbonyl (C=O) groups excluding carboxylic acids is 1. The smallest absolute Gasteiger partial charge is 0.275 e. The third kappa shape index (κ3) is 6.63. The number of piperazine rings is 1. The second kappa shape index (κ2) is 9.37. The Kier molecular flexibility index (Phi) is 7.09. The maximum absolute atomic E-state index is 12.1. The molecular weight excluding hydrogens is 380 g/mol. The molecule has 158 valence electrons. The van der Waals surface area contributed by atoms with Crippen LogP contribution in [-0.2, 0) is 11.3 Å². The highest BCUT2D eigenvalue weighted by Gasteiger charge is 2.26. The van der Waals surface area contributed by atoms with E-state index >= 15 is 0 Å². The SMILES string of the molecule is CC(C)c1ccc(-c2csc(C[NH+]3CC[NH+](CC(=O)NC(C)(C)C)CC3)n2)cc1. The molecule has 1 aliphatic rings. The molecule has 3 rings (SSSR count). The van der Waals surface area contributed by atoms with Gasteiger partial charge in [0.2, 0.25) is 0 Å². The van der Waals surface area contributed by atoms with Gasteiger partial charge in [-0.25, -0.2) is 4.98 Å². The Morgan fingerprint density at radius 3 is 2.31 bits per heavy atom. The number of rotatable bonds is 6. The van der Waals surface area contributed by atoms with E-state index in [1.165, 1.54) is 21.0 Å². The van der Waals surface area contributed by atoms with Crippen molar-refractivity contribution in [3.63, 3.8) is 0 Å². The predicted octanol–water partition coefficient (Wildman–Crippen LogP) is 1.13. The molecule has 1 aliphatic heterocycles. The van der Waals surface area contributed by atoms with Crippen LogP contribution in [0.25, 0.3) is 11.3 Å². The summed E-state index contributed by atoms with van der Waals surface area (Å²) in [5.74, 6) is 0.711. The molecule has 1 fully saturated rings. The number of hydrogen-bond acceptors (Lipinski definition) is 3. The van der Waals surface area contributed by atoms with Gasteiger partial charge in [-0.3, -0.25) is 4.79 Å². The summed E-state index contributed by atoms with van der Waals surface area (Å²) in [4.78, 5) is 20.0. The molecule has 0 unspecified atom stereocenters. The topological polar surface area (TPSA) is 50.9 Å². The Morgan fingerprint density at radius 2 is 1.72 bits per heavy atom. The average molecular weight is 417 g/mol. The molecule has 3 N–H and O–H groups in total. The van der Waals surface area contributed by atoms with Crippen LogP contribution in [0.3, 0.4) is 0 Å². The molecule has 2 aromatic rings. The third-order valence-corrected chi connectivity index (χ3v) is 6.26. The third-order valence-electron chi connectivity index (χ3n) is 5.42. The minimum atomic E-state index is -0.152. The number of benzene rings is 1. The van der Waals surface area contributed by atoms with Gasteiger partial charge in [0.1, 0.15) is 37.7 Å². The summed E-state index contributed by atoms with van der Waals surface area (Å²) in [6.07, 6.45) is 0. The van der Waals surface area contributed by atoms with E-state index in [1.54, 1.807) is 16.2 Å². The Labute approximate surface area is 179 Å². The lowest BCUT2D eigenvalue weighted by Crippen LogP contribution is -3.28. The number of hydrogen-bond donors (Lipinski definition) is 3. The quantitative estimate of drug-likeness (QED) is 0.661. The molecule has 0 aliphatic carbocycles. The van der Waals surface area contributed by atoms with E-state index in [0.29, 0.717) is 12.5 Å². The Bertz CT molecular complexity index is 799. The molecule has 1 saturated heterocycles. The van der Waals surface area contributed by atoms with E-state index in [0.717, 1.165) is 38.4 Å². The molecule has 1 amide bonds. The highest BCUT2D eigenvalue weighted by Crippen LogP contribution is 2.24. The van der Waals surface area contributed by atoms with Gasteiger partial charge in [0.15, 0.2) is 6.54 Å². The van der Waals surface area contributed by atoms with Gasteiger partial charge < -0.3 is 15.1 Å². The van der Waals surface area contributed by atoms with E-state index in [4.69, 9.17) is 4.98 Å². The number of thiazole rings is 1. The molecule has 5 nitrogen and oxygen atoms in total. The lowest BCUT2D eigenvalue weighted by atomic mass is 10.0. The summed E-state index contributed by atoms with van der Waals surface area (Å²) in [6, 6.07) is 8.79. The van der Waals surface area contributed by atoms with E-state index in [2.05, 4.69) is 48.8 Å². The average Bonchev–Trinajstić information content (AvgIpc) is 3.10. The monoisotopic (exact) mass is 416 g/mol. The van der Waals surface area contributed by atoms with Crippen molar-refractivity contribution in [3.8, 4) is 11.3 Å². The van der Waals surface area contributed by atoms with Gasteiger partial charge in [0, 0.05) is 16.5 Å². The predicted molar refractivity (Wildman–Crippen MR) is 119 cm³/mol. The standard InChI is InChI=1S/C23H34N4OS/c1-17(2)18-6-8-19(9-7-18)20-16-29-22(24-20)15-27-12-10-26(11-13-27)14-21(28)25-23(3,4)5/h6-9,16-17H,10-15H2,1-5H3,(H,25,28)/p+2. The highest BCUT2D eigenvalue weighted by atomic mass is 32.1. The van der Waals surface area contributed by atoms with Crippen LogP contribution in [0.5, 0.6) is 0 Å². The van der Waals surface area contributed by atoms with Crippen molar-refractivity contribution in [2.24, 2.45) is 0 Å². The van der Waals surface area contributed by atoms with Crippen LogP contribution in [0, 0.1) is 0 Å². The maximum atomic E-state index is 12.1. The number of amides is 1. The van der Waals surface area contributed by atoms with Gasteiger partial charge in [0.25, 0.3) is 5.91 Å². The van der Waals surface area contributed by atoms with Crippen molar-refractivity contribution < 1.29 is 14.6 Å². The first-order valence-corrected chi connectivity index (χ1v) is 11.6. The fourth-order valence-electron chi connectivity index (χ4n) is 3.78. The van der Waals surface area contributed by atoms with Crippen LogP contribution < -0.4 is 15.1 Å². The Balaban J connectivity index is 1.48. The van der Waals surface area contributed by atoms with E-state index in [-0.39, 0.29) is 11.4 Å². The first-order valence-electron chi connectivity index (χ1n) is 10.7. The van der Waals surface area contributed by atoms with Crippen LogP contribution in [0.15, 0.2) is 29.6 Å². The van der Waals surface area contributed by atoms with E-state index in [9.17, 15) is 4.79 Å². The molecule has 1 aromatic carbocycles. The van der Waals surface area contributed by atoms with Crippen LogP contribution in [0.2, 0.25) is 0 Å². The molecule has 6 heteroatoms. The van der Waals surface area contributed by atoms with Gasteiger partial charge in [-0.2, -0.15) is 0 Å². The highest BCUT2D eigenvalue weighted by molar-refractivity contribution is 7.09. The number of nitrogens with one attached hydrogen (secondary N) is 3. The fourth-order valence-corrected chi connectivity index (χ4v) is 4.65. The normalized spacial score (nSPS) is 20.1. The zero-order valence-electron chi connectivity index (χ0n) is 18.5. The first kappa shape index (κ1) is 21.9. The Morgan fingerprint density at radius 1 is 1.10 bits per heavy atom.